The van der Waals surface area contributed by atoms with Crippen molar-refractivity contribution in [3.05, 3.63) is 0 Å². The smallest absolute Gasteiger partial charge is 0.308 e. The minimum atomic E-state index is -0.425. The second-order valence-corrected chi connectivity index (χ2v) is 7.23. The third kappa shape index (κ3) is 4.18. The average Bonchev–Trinajstić information content (AvgIpc) is 3.37. The molecule has 1 N–H and O–H groups in total. The number of ether oxygens (including phenoxy) is 2. The molecule has 1 saturated heterocycles. The van der Waals surface area contributed by atoms with Gasteiger partial charge in [-0.15, -0.1) is 12.3 Å². The Hall–Kier alpha value is -1.94. The summed E-state index contributed by atoms with van der Waals surface area (Å²) in [6.45, 7) is 1.15. The lowest BCUT2D eigenvalue weighted by molar-refractivity contribution is -0.152. The van der Waals surface area contributed by atoms with Gasteiger partial charge in [-0.1, -0.05) is 0 Å². The summed E-state index contributed by atoms with van der Waals surface area (Å²) in [5, 5.41) is 11.3. The number of hydrogen-bond acceptors (Lipinski definition) is 6. The number of fused-ring (bicyclic) bond motifs is 2. The van der Waals surface area contributed by atoms with E-state index in [1.807, 2.05) is 0 Å². The lowest BCUT2D eigenvalue weighted by Gasteiger charge is -2.44. The van der Waals surface area contributed by atoms with Crippen molar-refractivity contribution in [2.24, 2.45) is 28.0 Å². The molecule has 2 fully saturated rings. The molecule has 2 aliphatic heterocycles. The summed E-state index contributed by atoms with van der Waals surface area (Å²) < 4.78 is 10.5. The van der Waals surface area contributed by atoms with Crippen molar-refractivity contribution in [2.45, 2.75) is 50.2 Å². The molecule has 2 heterocycles. The lowest BCUT2D eigenvalue weighted by Crippen LogP contribution is -2.55. The summed E-state index contributed by atoms with van der Waals surface area (Å²) in [7, 11) is 1.42. The van der Waals surface area contributed by atoms with Crippen LogP contribution in [0.15, 0.2) is 10.2 Å². The highest BCUT2D eigenvalue weighted by Gasteiger charge is 2.45. The Morgan fingerprint density at radius 2 is 1.96 bits per heavy atom. The van der Waals surface area contributed by atoms with Gasteiger partial charge < -0.3 is 14.8 Å². The molecule has 1 aliphatic carbocycles. The van der Waals surface area contributed by atoms with Gasteiger partial charge in [-0.05, 0) is 12.8 Å². The maximum atomic E-state index is 12.4. The largest absolute Gasteiger partial charge is 0.469 e. The lowest BCUT2D eigenvalue weighted by atomic mass is 9.70. The zero-order valence-electron chi connectivity index (χ0n) is 14.6. The molecule has 2 bridgehead atoms. The number of terminal acetylenes is 1. The second-order valence-electron chi connectivity index (χ2n) is 7.23. The number of esters is 1. The third-order valence-corrected chi connectivity index (χ3v) is 5.52. The Balaban J connectivity index is 1.50. The second kappa shape index (κ2) is 7.52. The SMILES string of the molecule is C#CCCC1(CCC(=O)NC2C3COCC2CC(C(=O)OC)C3)N=N1. The van der Waals surface area contributed by atoms with E-state index in [1.54, 1.807) is 0 Å². The number of nitrogens with zero attached hydrogens (tertiary/aromatic N) is 2. The van der Waals surface area contributed by atoms with E-state index in [2.05, 4.69) is 21.5 Å². The molecule has 7 heteroatoms. The quantitative estimate of drug-likeness (QED) is 0.560. The van der Waals surface area contributed by atoms with Gasteiger partial charge in [0.1, 0.15) is 0 Å². The van der Waals surface area contributed by atoms with Gasteiger partial charge in [-0.3, -0.25) is 9.59 Å². The molecule has 25 heavy (non-hydrogen) atoms. The molecule has 0 spiro atoms. The highest BCUT2D eigenvalue weighted by Crippen LogP contribution is 2.39. The van der Waals surface area contributed by atoms with E-state index in [9.17, 15) is 9.59 Å². The van der Waals surface area contributed by atoms with E-state index < -0.39 is 5.66 Å². The van der Waals surface area contributed by atoms with Crippen molar-refractivity contribution < 1.29 is 19.1 Å². The van der Waals surface area contributed by atoms with Crippen molar-refractivity contribution in [2.75, 3.05) is 20.3 Å². The van der Waals surface area contributed by atoms with Crippen LogP contribution in [-0.4, -0.2) is 43.9 Å². The topological polar surface area (TPSA) is 89.3 Å². The standard InChI is InChI=1S/C18H25N3O4/c1-3-4-6-18(20-21-18)7-5-15(22)19-16-13-8-12(17(23)24-2)9-14(16)11-25-10-13/h1,12-14,16H,4-11H2,2H3,(H,19,22). The summed E-state index contributed by atoms with van der Waals surface area (Å²) in [6, 6.07) is 0.0666. The molecular formula is C18H25N3O4. The number of nitrogens with one attached hydrogen (secondary N) is 1. The van der Waals surface area contributed by atoms with Gasteiger partial charge in [0.25, 0.3) is 0 Å². The van der Waals surface area contributed by atoms with E-state index in [0.29, 0.717) is 51.7 Å². The van der Waals surface area contributed by atoms with Gasteiger partial charge in [0.2, 0.25) is 5.91 Å². The first-order valence-electron chi connectivity index (χ1n) is 8.89. The Bertz CT molecular complexity index is 578. The molecule has 3 rings (SSSR count). The number of amides is 1. The van der Waals surface area contributed by atoms with Gasteiger partial charge in [-0.25, -0.2) is 0 Å². The first-order valence-corrected chi connectivity index (χ1v) is 8.89. The van der Waals surface area contributed by atoms with Crippen LogP contribution in [0, 0.1) is 30.1 Å². The zero-order chi connectivity index (χ0) is 17.9. The molecule has 0 aromatic carbocycles. The van der Waals surface area contributed by atoms with Crippen molar-refractivity contribution >= 4 is 11.9 Å². The van der Waals surface area contributed by atoms with Crippen molar-refractivity contribution in [1.82, 2.24) is 5.32 Å². The predicted molar refractivity (Wildman–Crippen MR) is 89.4 cm³/mol. The minimum Gasteiger partial charge on any atom is -0.469 e. The third-order valence-electron chi connectivity index (χ3n) is 5.52. The molecule has 2 unspecified atom stereocenters. The molecule has 1 amide bonds. The van der Waals surface area contributed by atoms with Crippen LogP contribution in [0.1, 0.15) is 38.5 Å². The Morgan fingerprint density at radius 1 is 1.28 bits per heavy atom. The summed E-state index contributed by atoms with van der Waals surface area (Å²) >= 11 is 0. The van der Waals surface area contributed by atoms with Crippen molar-refractivity contribution in [1.29, 1.82) is 0 Å². The average molecular weight is 347 g/mol. The molecule has 1 saturated carbocycles. The van der Waals surface area contributed by atoms with Gasteiger partial charge in [0.05, 0.1) is 26.2 Å². The van der Waals surface area contributed by atoms with Crippen LogP contribution in [0.2, 0.25) is 0 Å². The van der Waals surface area contributed by atoms with Crippen LogP contribution in [0.4, 0.5) is 0 Å². The Labute approximate surface area is 147 Å². The van der Waals surface area contributed by atoms with E-state index >= 15 is 0 Å². The van der Waals surface area contributed by atoms with Gasteiger partial charge >= 0.3 is 5.97 Å². The maximum absolute atomic E-state index is 12.4. The maximum Gasteiger partial charge on any atom is 0.308 e. The van der Waals surface area contributed by atoms with Crippen molar-refractivity contribution in [3.63, 3.8) is 0 Å². The van der Waals surface area contributed by atoms with Crippen LogP contribution >= 0.6 is 0 Å². The fourth-order valence-corrected chi connectivity index (χ4v) is 4.05. The summed E-state index contributed by atoms with van der Waals surface area (Å²) in [5.74, 6) is 2.67. The molecule has 0 radical (unpaired) electrons. The predicted octanol–water partition coefficient (Wildman–Crippen LogP) is 1.67. The molecule has 2 atom stereocenters. The summed E-state index contributed by atoms with van der Waals surface area (Å²) in [4.78, 5) is 24.2. The van der Waals surface area contributed by atoms with Crippen LogP contribution in [0.3, 0.4) is 0 Å². The zero-order valence-corrected chi connectivity index (χ0v) is 14.6. The van der Waals surface area contributed by atoms with Crippen LogP contribution in [-0.2, 0) is 19.1 Å². The number of methoxy groups -OCH3 is 1. The Morgan fingerprint density at radius 3 is 2.52 bits per heavy atom. The highest BCUT2D eigenvalue weighted by atomic mass is 16.5. The first-order chi connectivity index (χ1) is 12.1. The summed E-state index contributed by atoms with van der Waals surface area (Å²) in [6.07, 6.45) is 8.99. The molecule has 7 nitrogen and oxygen atoms in total. The van der Waals surface area contributed by atoms with E-state index in [1.165, 1.54) is 7.11 Å². The monoisotopic (exact) mass is 347 g/mol. The molecular weight excluding hydrogens is 322 g/mol. The van der Waals surface area contributed by atoms with Gasteiger partial charge in [0, 0.05) is 43.6 Å². The normalized spacial score (nSPS) is 31.7. The minimum absolute atomic E-state index is 0.0100. The highest BCUT2D eigenvalue weighted by molar-refractivity contribution is 5.76. The molecule has 0 aromatic heterocycles. The molecule has 136 valence electrons. The fraction of sp³-hybridized carbons (Fsp3) is 0.778. The van der Waals surface area contributed by atoms with Crippen LogP contribution < -0.4 is 5.32 Å². The van der Waals surface area contributed by atoms with Crippen LogP contribution in [0.5, 0.6) is 0 Å². The van der Waals surface area contributed by atoms with Crippen molar-refractivity contribution in [3.8, 4) is 12.3 Å². The number of carbonyl (C=O) groups is 2. The van der Waals surface area contributed by atoms with E-state index in [4.69, 9.17) is 15.9 Å². The van der Waals surface area contributed by atoms with Gasteiger partial charge in [0.15, 0.2) is 5.66 Å². The molecule has 3 aliphatic rings. The Kier molecular flexibility index (Phi) is 5.38. The summed E-state index contributed by atoms with van der Waals surface area (Å²) in [5.41, 5.74) is -0.425. The fourth-order valence-electron chi connectivity index (χ4n) is 4.05. The van der Waals surface area contributed by atoms with E-state index in [-0.39, 0.29) is 35.7 Å². The van der Waals surface area contributed by atoms with Crippen LogP contribution in [0.25, 0.3) is 0 Å². The van der Waals surface area contributed by atoms with E-state index in [0.717, 1.165) is 0 Å². The number of carbonyl (C=O) groups excluding carboxylic acids is 2. The number of rotatable bonds is 7. The van der Waals surface area contributed by atoms with Gasteiger partial charge in [-0.2, -0.15) is 10.2 Å². The molecule has 0 aromatic rings. The number of hydrogen-bond donors (Lipinski definition) is 1. The first kappa shape index (κ1) is 17.9.